The zero-order valence-electron chi connectivity index (χ0n) is 17.6. The van der Waals surface area contributed by atoms with Gasteiger partial charge in [-0.15, -0.1) is 0 Å². The smallest absolute Gasteiger partial charge is 0.176 e. The van der Waals surface area contributed by atoms with Crippen LogP contribution in [0.25, 0.3) is 57.5 Å². The summed E-state index contributed by atoms with van der Waals surface area (Å²) in [5.74, 6) is -6.03. The summed E-state index contributed by atoms with van der Waals surface area (Å²) in [5.41, 5.74) is 3.93. The van der Waals surface area contributed by atoms with E-state index in [1.807, 2.05) is 30.3 Å². The van der Waals surface area contributed by atoms with Gasteiger partial charge in [0.05, 0.1) is 32.8 Å². The quantitative estimate of drug-likeness (QED) is 0.129. The average molecular weight is 537 g/mol. The lowest BCUT2D eigenvalue weighted by Crippen LogP contribution is -2.00. The third-order valence-electron chi connectivity index (χ3n) is 5.65. The van der Waals surface area contributed by atoms with Crippen LogP contribution in [0.3, 0.4) is 0 Å². The van der Waals surface area contributed by atoms with Crippen LogP contribution >= 0.6 is 15.9 Å². The summed E-state index contributed by atoms with van der Waals surface area (Å²) in [4.78, 5) is 15.4. The molecule has 0 spiro atoms. The number of halogens is 5. The Kier molecular flexibility index (Phi) is 4.96. The van der Waals surface area contributed by atoms with Gasteiger partial charge in [-0.25, -0.2) is 27.5 Å². The molecule has 0 unspecified atom stereocenters. The van der Waals surface area contributed by atoms with Crippen LogP contribution in [0.2, 0.25) is 0 Å². The first-order valence-electron chi connectivity index (χ1n) is 10.5. The Bertz CT molecular complexity index is 1740. The van der Waals surface area contributed by atoms with Crippen molar-refractivity contribution in [3.8, 4) is 11.1 Å². The van der Waals surface area contributed by atoms with E-state index in [0.29, 0.717) is 28.3 Å². The highest BCUT2D eigenvalue weighted by atomic mass is 79.9. The Morgan fingerprint density at radius 1 is 0.571 bits per heavy atom. The number of fused-ring (bicyclic) bond motifs is 8. The van der Waals surface area contributed by atoms with Crippen molar-refractivity contribution in [2.24, 2.45) is 0 Å². The Hall–Kier alpha value is -3.98. The minimum absolute atomic E-state index is 0.0543. The normalized spacial score (nSPS) is 12.5. The highest BCUT2D eigenvalue weighted by Crippen LogP contribution is 2.37. The van der Waals surface area contributed by atoms with E-state index in [4.69, 9.17) is 0 Å². The predicted molar refractivity (Wildman–Crippen MR) is 132 cm³/mol. The summed E-state index contributed by atoms with van der Waals surface area (Å²) in [7, 11) is 0. The Balaban J connectivity index is 1.71. The van der Waals surface area contributed by atoms with E-state index in [2.05, 4.69) is 35.9 Å². The fourth-order valence-corrected chi connectivity index (χ4v) is 4.41. The van der Waals surface area contributed by atoms with Gasteiger partial charge in [-0.2, -0.15) is 0 Å². The number of nitrogens with one attached hydrogen (secondary N) is 2. The van der Waals surface area contributed by atoms with Crippen LogP contribution < -0.4 is 0 Å². The van der Waals surface area contributed by atoms with E-state index in [-0.39, 0.29) is 11.1 Å². The molecule has 0 saturated carbocycles. The summed E-state index contributed by atoms with van der Waals surface area (Å²) < 4.78 is 57.5. The van der Waals surface area contributed by atoms with Crippen LogP contribution in [0.15, 0.2) is 46.9 Å². The molecule has 1 aromatic carbocycles. The van der Waals surface area contributed by atoms with Crippen LogP contribution in [0.1, 0.15) is 22.8 Å². The van der Waals surface area contributed by atoms with Crippen molar-refractivity contribution >= 4 is 62.3 Å². The molecule has 0 radical (unpaired) electrons. The molecule has 9 heteroatoms. The first-order chi connectivity index (χ1) is 16.9. The zero-order valence-corrected chi connectivity index (χ0v) is 19.2. The van der Waals surface area contributed by atoms with Crippen molar-refractivity contribution in [2.45, 2.75) is 0 Å². The maximum atomic E-state index is 14.9. The van der Waals surface area contributed by atoms with Gasteiger partial charge >= 0.3 is 0 Å². The molecule has 8 bridgehead atoms. The molecule has 4 aromatic rings. The van der Waals surface area contributed by atoms with Gasteiger partial charge < -0.3 is 9.97 Å². The van der Waals surface area contributed by atoms with Crippen molar-refractivity contribution in [2.75, 3.05) is 0 Å². The van der Waals surface area contributed by atoms with Gasteiger partial charge in [-0.1, -0.05) is 0 Å². The summed E-state index contributed by atoms with van der Waals surface area (Å²) in [6, 6.07) is 12.2. The topological polar surface area (TPSA) is 57.4 Å². The van der Waals surface area contributed by atoms with Crippen LogP contribution in [0.5, 0.6) is 0 Å². The summed E-state index contributed by atoms with van der Waals surface area (Å²) in [5, 5.41) is 0. The molecular formula is C26H13BrF4N4. The number of benzene rings is 1. The summed E-state index contributed by atoms with van der Waals surface area (Å²) in [6.45, 7) is 0. The van der Waals surface area contributed by atoms with Crippen LogP contribution in [0.4, 0.5) is 17.6 Å². The second-order valence-electron chi connectivity index (χ2n) is 8.03. The molecule has 0 amide bonds. The van der Waals surface area contributed by atoms with Gasteiger partial charge in [0.1, 0.15) is 0 Å². The lowest BCUT2D eigenvalue weighted by molar-refractivity contribution is 0.451. The van der Waals surface area contributed by atoms with Gasteiger partial charge in [0, 0.05) is 27.6 Å². The fourth-order valence-electron chi connectivity index (χ4n) is 4.07. The molecule has 2 aliphatic rings. The van der Waals surface area contributed by atoms with E-state index in [0.717, 1.165) is 11.0 Å². The number of nitrogens with zero attached hydrogens (tertiary/aromatic N) is 2. The molecule has 4 nitrogen and oxygen atoms in total. The SMILES string of the molecule is Fc1c(F)c(-c2cc3cc4nc(cc5ccc(cc6nc(cc2[nH]3)C=C6)[nH]5)C=C4)c(F)c(F)c1Br. The van der Waals surface area contributed by atoms with Crippen molar-refractivity contribution in [1.29, 1.82) is 0 Å². The molecule has 0 saturated heterocycles. The molecule has 0 fully saturated rings. The Morgan fingerprint density at radius 3 is 1.60 bits per heavy atom. The molecule has 5 heterocycles. The number of aromatic amines is 2. The van der Waals surface area contributed by atoms with Crippen molar-refractivity contribution in [3.63, 3.8) is 0 Å². The zero-order chi connectivity index (χ0) is 24.3. The lowest BCUT2D eigenvalue weighted by atomic mass is 10.0. The number of rotatable bonds is 1. The molecule has 172 valence electrons. The maximum Gasteiger partial charge on any atom is 0.176 e. The number of aromatic nitrogens is 4. The fraction of sp³-hybridized carbons (Fsp3) is 0. The summed E-state index contributed by atoms with van der Waals surface area (Å²) in [6.07, 6.45) is 7.13. The largest absolute Gasteiger partial charge is 0.355 e. The number of H-pyrrole nitrogens is 2. The van der Waals surface area contributed by atoms with Crippen molar-refractivity contribution < 1.29 is 17.6 Å². The molecule has 2 aliphatic heterocycles. The van der Waals surface area contributed by atoms with Gasteiger partial charge in [0.15, 0.2) is 23.3 Å². The number of hydrogen-bond acceptors (Lipinski definition) is 2. The first kappa shape index (κ1) is 21.5. The van der Waals surface area contributed by atoms with Crippen molar-refractivity contribution in [3.05, 3.63) is 93.0 Å². The molecular weight excluding hydrogens is 524 g/mol. The van der Waals surface area contributed by atoms with E-state index in [1.165, 1.54) is 6.07 Å². The highest BCUT2D eigenvalue weighted by Gasteiger charge is 2.26. The third-order valence-corrected chi connectivity index (χ3v) is 6.34. The van der Waals surface area contributed by atoms with Gasteiger partial charge in [0.25, 0.3) is 0 Å². The van der Waals surface area contributed by atoms with Gasteiger partial charge in [0.2, 0.25) is 0 Å². The Morgan fingerprint density at radius 2 is 1.06 bits per heavy atom. The summed E-state index contributed by atoms with van der Waals surface area (Å²) >= 11 is 2.56. The Labute approximate surface area is 203 Å². The molecule has 35 heavy (non-hydrogen) atoms. The molecule has 2 N–H and O–H groups in total. The van der Waals surface area contributed by atoms with E-state index < -0.39 is 33.3 Å². The standard InChI is InChI=1S/C26H13BrF4N4/c27-22-25(30)23(28)21(24(29)26(22)31)19-10-18-9-16-4-3-14(33-16)7-12-1-2-13(32-12)8-15-5-6-17(34-15)11-20(19)35-18/h1-11,32,35H. The van der Waals surface area contributed by atoms with Crippen LogP contribution in [-0.2, 0) is 0 Å². The molecule has 0 aliphatic carbocycles. The van der Waals surface area contributed by atoms with Crippen LogP contribution in [-0.4, -0.2) is 19.9 Å². The molecule has 3 aromatic heterocycles. The highest BCUT2D eigenvalue weighted by molar-refractivity contribution is 9.10. The van der Waals surface area contributed by atoms with Crippen molar-refractivity contribution in [1.82, 2.24) is 19.9 Å². The minimum atomic E-state index is -1.51. The number of hydrogen-bond donors (Lipinski definition) is 2. The van der Waals surface area contributed by atoms with E-state index >= 15 is 0 Å². The molecule has 0 atom stereocenters. The van der Waals surface area contributed by atoms with Gasteiger partial charge in [-0.3, -0.25) is 0 Å². The second kappa shape index (κ2) is 8.06. The minimum Gasteiger partial charge on any atom is -0.355 e. The molecule has 6 rings (SSSR count). The second-order valence-corrected chi connectivity index (χ2v) is 8.83. The van der Waals surface area contributed by atoms with Crippen LogP contribution in [0, 0.1) is 23.3 Å². The average Bonchev–Trinajstić information content (AvgIpc) is 3.62. The van der Waals surface area contributed by atoms with E-state index in [1.54, 1.807) is 30.4 Å². The third kappa shape index (κ3) is 3.77. The lowest BCUT2D eigenvalue weighted by Gasteiger charge is -2.08. The predicted octanol–water partition coefficient (Wildman–Crippen LogP) is 7.64. The van der Waals surface area contributed by atoms with Gasteiger partial charge in [-0.05, 0) is 82.7 Å². The maximum absolute atomic E-state index is 14.9. The first-order valence-corrected chi connectivity index (χ1v) is 11.3. The monoisotopic (exact) mass is 536 g/mol. The van der Waals surface area contributed by atoms with E-state index in [9.17, 15) is 17.6 Å².